The summed E-state index contributed by atoms with van der Waals surface area (Å²) < 4.78 is 13.6. The van der Waals surface area contributed by atoms with Crippen molar-refractivity contribution in [2.24, 2.45) is 0 Å². The van der Waals surface area contributed by atoms with E-state index in [1.807, 2.05) is 19.2 Å². The summed E-state index contributed by atoms with van der Waals surface area (Å²) in [6.45, 7) is 6.68. The molecular weight excluding hydrogens is 259 g/mol. The molecule has 0 aliphatic heterocycles. The molecule has 0 fully saturated rings. The molecule has 2 aromatic rings. The number of benzene rings is 1. The zero-order chi connectivity index (χ0) is 13.8. The first-order valence-electron chi connectivity index (χ1n) is 6.53. The second kappa shape index (κ2) is 6.26. The van der Waals surface area contributed by atoms with Crippen molar-refractivity contribution >= 4 is 11.3 Å². The lowest BCUT2D eigenvalue weighted by atomic mass is 10.1. The Morgan fingerprint density at radius 2 is 2.21 bits per heavy atom. The first-order valence-corrected chi connectivity index (χ1v) is 7.34. The van der Waals surface area contributed by atoms with Gasteiger partial charge in [-0.05, 0) is 26.3 Å². The minimum Gasteiger partial charge on any atom is -0.304 e. The summed E-state index contributed by atoms with van der Waals surface area (Å²) in [7, 11) is 0. The number of rotatable bonds is 5. The second-order valence-corrected chi connectivity index (χ2v) is 5.86. The third-order valence-electron chi connectivity index (χ3n) is 3.09. The highest BCUT2D eigenvalue weighted by Gasteiger charge is 2.10. The number of aryl methyl sites for hydroxylation is 2. The number of thiazole rings is 1. The van der Waals surface area contributed by atoms with Crippen molar-refractivity contribution in [3.05, 3.63) is 51.2 Å². The van der Waals surface area contributed by atoms with Crippen LogP contribution in [0.15, 0.2) is 24.4 Å². The van der Waals surface area contributed by atoms with Crippen molar-refractivity contribution < 1.29 is 4.39 Å². The largest absolute Gasteiger partial charge is 0.304 e. The van der Waals surface area contributed by atoms with Gasteiger partial charge in [-0.15, -0.1) is 11.3 Å². The average molecular weight is 278 g/mol. The molecule has 1 unspecified atom stereocenters. The minimum absolute atomic E-state index is 0.144. The fourth-order valence-corrected chi connectivity index (χ4v) is 2.76. The van der Waals surface area contributed by atoms with Gasteiger partial charge >= 0.3 is 0 Å². The monoisotopic (exact) mass is 278 g/mol. The van der Waals surface area contributed by atoms with E-state index in [1.165, 1.54) is 10.9 Å². The summed E-state index contributed by atoms with van der Waals surface area (Å²) in [4.78, 5) is 5.68. The van der Waals surface area contributed by atoms with Gasteiger partial charge in [-0.1, -0.05) is 24.6 Å². The molecule has 0 saturated heterocycles. The third-order valence-corrected chi connectivity index (χ3v) is 4.41. The van der Waals surface area contributed by atoms with Crippen LogP contribution in [-0.2, 0) is 13.0 Å². The van der Waals surface area contributed by atoms with E-state index in [1.54, 1.807) is 17.4 Å². The molecule has 0 aliphatic rings. The van der Waals surface area contributed by atoms with Gasteiger partial charge in [-0.25, -0.2) is 9.37 Å². The molecule has 102 valence electrons. The van der Waals surface area contributed by atoms with Crippen LogP contribution in [0.4, 0.5) is 4.39 Å². The fourth-order valence-electron chi connectivity index (χ4n) is 1.88. The number of nitrogens with one attached hydrogen (secondary N) is 1. The van der Waals surface area contributed by atoms with Crippen molar-refractivity contribution in [1.29, 1.82) is 0 Å². The number of aromatic nitrogens is 1. The fraction of sp³-hybridized carbons (Fsp3) is 0.400. The number of nitrogens with zero attached hydrogens (tertiary/aromatic N) is 1. The van der Waals surface area contributed by atoms with Gasteiger partial charge in [0.15, 0.2) is 0 Å². The number of halogens is 1. The molecule has 0 aliphatic carbocycles. The van der Waals surface area contributed by atoms with Gasteiger partial charge in [-0.3, -0.25) is 0 Å². The lowest BCUT2D eigenvalue weighted by molar-refractivity contribution is 0.542. The summed E-state index contributed by atoms with van der Waals surface area (Å²) in [6, 6.07) is 5.34. The smallest absolute Gasteiger partial charge is 0.127 e. The summed E-state index contributed by atoms with van der Waals surface area (Å²) in [6.07, 6.45) is 2.93. The van der Waals surface area contributed by atoms with E-state index >= 15 is 0 Å². The second-order valence-electron chi connectivity index (χ2n) is 4.72. The first-order chi connectivity index (χ1) is 9.10. The van der Waals surface area contributed by atoms with Crippen LogP contribution in [0, 0.1) is 12.7 Å². The predicted molar refractivity (Wildman–Crippen MR) is 77.9 cm³/mol. The summed E-state index contributed by atoms with van der Waals surface area (Å²) in [5.41, 5.74) is 1.78. The Morgan fingerprint density at radius 1 is 1.42 bits per heavy atom. The van der Waals surface area contributed by atoms with Crippen LogP contribution < -0.4 is 5.32 Å². The molecule has 1 N–H and O–H groups in total. The molecule has 0 saturated carbocycles. The third kappa shape index (κ3) is 3.61. The molecule has 0 amide bonds. The van der Waals surface area contributed by atoms with Crippen LogP contribution in [-0.4, -0.2) is 4.98 Å². The van der Waals surface area contributed by atoms with Gasteiger partial charge in [-0.2, -0.15) is 0 Å². The van der Waals surface area contributed by atoms with E-state index in [2.05, 4.69) is 24.1 Å². The van der Waals surface area contributed by atoms with Crippen LogP contribution in [0.25, 0.3) is 0 Å². The van der Waals surface area contributed by atoms with Crippen molar-refractivity contribution in [2.45, 2.75) is 39.8 Å². The zero-order valence-corrected chi connectivity index (χ0v) is 12.4. The zero-order valence-electron chi connectivity index (χ0n) is 11.5. The molecule has 2 rings (SSSR count). The van der Waals surface area contributed by atoms with Gasteiger partial charge in [0.2, 0.25) is 0 Å². The maximum Gasteiger partial charge on any atom is 0.127 e. The van der Waals surface area contributed by atoms with Crippen molar-refractivity contribution in [3.8, 4) is 0 Å². The standard InChI is InChI=1S/C15H19FN2S/c1-4-13-9-18-15(19-13)11(3)17-8-12-7-10(2)5-6-14(12)16/h5-7,9,11,17H,4,8H2,1-3H3. The van der Waals surface area contributed by atoms with Crippen LogP contribution in [0.5, 0.6) is 0 Å². The van der Waals surface area contributed by atoms with E-state index < -0.39 is 0 Å². The van der Waals surface area contributed by atoms with Gasteiger partial charge in [0.25, 0.3) is 0 Å². The molecule has 1 aromatic carbocycles. The number of hydrogen-bond acceptors (Lipinski definition) is 3. The molecule has 1 atom stereocenters. The average Bonchev–Trinajstić information content (AvgIpc) is 2.88. The topological polar surface area (TPSA) is 24.9 Å². The van der Waals surface area contributed by atoms with Crippen molar-refractivity contribution in [3.63, 3.8) is 0 Å². The summed E-state index contributed by atoms with van der Waals surface area (Å²) >= 11 is 1.72. The molecule has 0 bridgehead atoms. The highest BCUT2D eigenvalue weighted by atomic mass is 32.1. The molecule has 1 aromatic heterocycles. The van der Waals surface area contributed by atoms with Crippen LogP contribution in [0.2, 0.25) is 0 Å². The first kappa shape index (κ1) is 14.2. The maximum absolute atomic E-state index is 13.6. The Bertz CT molecular complexity index is 551. The van der Waals surface area contributed by atoms with Crippen LogP contribution in [0.1, 0.15) is 40.9 Å². The SMILES string of the molecule is CCc1cnc(C(C)NCc2cc(C)ccc2F)s1. The van der Waals surface area contributed by atoms with E-state index in [9.17, 15) is 4.39 Å². The molecule has 19 heavy (non-hydrogen) atoms. The van der Waals surface area contributed by atoms with E-state index in [-0.39, 0.29) is 11.9 Å². The quantitative estimate of drug-likeness (QED) is 0.894. The molecule has 0 spiro atoms. The van der Waals surface area contributed by atoms with Crippen LogP contribution >= 0.6 is 11.3 Å². The van der Waals surface area contributed by atoms with Gasteiger partial charge < -0.3 is 5.32 Å². The minimum atomic E-state index is -0.154. The lowest BCUT2D eigenvalue weighted by Crippen LogP contribution is -2.18. The molecule has 2 nitrogen and oxygen atoms in total. The van der Waals surface area contributed by atoms with Crippen molar-refractivity contribution in [2.75, 3.05) is 0 Å². The molecule has 0 radical (unpaired) electrons. The summed E-state index contributed by atoms with van der Waals surface area (Å²) in [5, 5.41) is 4.39. The molecular formula is C15H19FN2S. The van der Waals surface area contributed by atoms with Gasteiger partial charge in [0.1, 0.15) is 10.8 Å². The van der Waals surface area contributed by atoms with E-state index in [4.69, 9.17) is 0 Å². The molecule has 1 heterocycles. The van der Waals surface area contributed by atoms with Gasteiger partial charge in [0, 0.05) is 23.2 Å². The Kier molecular flexibility index (Phi) is 4.66. The Labute approximate surface area is 117 Å². The van der Waals surface area contributed by atoms with E-state index in [0.717, 1.165) is 17.0 Å². The maximum atomic E-state index is 13.6. The van der Waals surface area contributed by atoms with E-state index in [0.29, 0.717) is 12.1 Å². The Balaban J connectivity index is 1.99. The predicted octanol–water partition coefficient (Wildman–Crippen LogP) is 4.00. The summed E-state index contributed by atoms with van der Waals surface area (Å²) in [5.74, 6) is -0.154. The Morgan fingerprint density at radius 3 is 2.89 bits per heavy atom. The van der Waals surface area contributed by atoms with Gasteiger partial charge in [0.05, 0.1) is 6.04 Å². The van der Waals surface area contributed by atoms with Crippen molar-refractivity contribution in [1.82, 2.24) is 10.3 Å². The molecule has 4 heteroatoms. The normalized spacial score (nSPS) is 12.6. The van der Waals surface area contributed by atoms with Crippen LogP contribution in [0.3, 0.4) is 0 Å². The lowest BCUT2D eigenvalue weighted by Gasteiger charge is -2.12. The highest BCUT2D eigenvalue weighted by molar-refractivity contribution is 7.11. The highest BCUT2D eigenvalue weighted by Crippen LogP contribution is 2.21. The number of hydrogen-bond donors (Lipinski definition) is 1. The Hall–Kier alpha value is -1.26.